The van der Waals surface area contributed by atoms with Gasteiger partial charge in [-0.05, 0) is 26.2 Å². The monoisotopic (exact) mass is 183 g/mol. The number of carbonyl (C=O) groups is 1. The summed E-state index contributed by atoms with van der Waals surface area (Å²) in [7, 11) is 0. The van der Waals surface area contributed by atoms with Crippen LogP contribution in [0.1, 0.15) is 26.2 Å². The lowest BCUT2D eigenvalue weighted by Crippen LogP contribution is -2.31. The minimum atomic E-state index is -0.161. The van der Waals surface area contributed by atoms with E-state index < -0.39 is 0 Å². The van der Waals surface area contributed by atoms with E-state index in [1.165, 1.54) is 0 Å². The molecule has 0 aromatic rings. The summed E-state index contributed by atoms with van der Waals surface area (Å²) in [5.74, 6) is 0. The van der Waals surface area contributed by atoms with Crippen LogP contribution in [0.15, 0.2) is 12.7 Å². The van der Waals surface area contributed by atoms with Crippen LogP contribution in [0.3, 0.4) is 0 Å². The Labute approximate surface area is 79.4 Å². The smallest absolute Gasteiger partial charge is 0.410 e. The Morgan fingerprint density at radius 2 is 2.46 bits per heavy atom. The normalized spacial score (nSPS) is 21.8. The first-order chi connectivity index (χ1) is 6.25. The van der Waals surface area contributed by atoms with E-state index in [4.69, 9.17) is 4.74 Å². The fraction of sp³-hybridized carbons (Fsp3) is 0.700. The van der Waals surface area contributed by atoms with Gasteiger partial charge in [-0.1, -0.05) is 6.08 Å². The molecule has 1 aliphatic rings. The Hall–Kier alpha value is -0.990. The van der Waals surface area contributed by atoms with Gasteiger partial charge in [-0.2, -0.15) is 0 Å². The molecule has 74 valence electrons. The number of hydrogen-bond acceptors (Lipinski definition) is 2. The lowest BCUT2D eigenvalue weighted by atomic mass is 10.2. The number of cyclic esters (lactones) is 1. The third kappa shape index (κ3) is 2.76. The SMILES string of the molecule is C=CCCCCN1C(=O)OC[C@@H]1C. The molecule has 1 amide bonds. The Morgan fingerprint density at radius 1 is 1.69 bits per heavy atom. The first-order valence-corrected chi connectivity index (χ1v) is 4.80. The summed E-state index contributed by atoms with van der Waals surface area (Å²) in [6, 6.07) is 0.247. The van der Waals surface area contributed by atoms with Crippen LogP contribution in [0, 0.1) is 0 Å². The molecule has 0 radical (unpaired) electrons. The largest absolute Gasteiger partial charge is 0.447 e. The zero-order valence-electron chi connectivity index (χ0n) is 8.16. The second-order valence-corrected chi connectivity index (χ2v) is 3.40. The molecule has 13 heavy (non-hydrogen) atoms. The molecule has 0 saturated carbocycles. The second-order valence-electron chi connectivity index (χ2n) is 3.40. The van der Waals surface area contributed by atoms with Crippen molar-refractivity contribution in [3.8, 4) is 0 Å². The van der Waals surface area contributed by atoms with E-state index in [9.17, 15) is 4.79 Å². The molecule has 0 aromatic carbocycles. The van der Waals surface area contributed by atoms with E-state index in [1.807, 2.05) is 13.0 Å². The van der Waals surface area contributed by atoms with Gasteiger partial charge in [0.05, 0.1) is 6.04 Å². The highest BCUT2D eigenvalue weighted by molar-refractivity contribution is 5.69. The van der Waals surface area contributed by atoms with Crippen molar-refractivity contribution in [3.63, 3.8) is 0 Å². The van der Waals surface area contributed by atoms with Crippen molar-refractivity contribution in [2.24, 2.45) is 0 Å². The van der Waals surface area contributed by atoms with Crippen LogP contribution in [-0.2, 0) is 4.74 Å². The average Bonchev–Trinajstić information content (AvgIpc) is 2.42. The van der Waals surface area contributed by atoms with Crippen molar-refractivity contribution in [1.82, 2.24) is 4.90 Å². The molecule has 1 saturated heterocycles. The highest BCUT2D eigenvalue weighted by atomic mass is 16.6. The van der Waals surface area contributed by atoms with Crippen LogP contribution in [0.2, 0.25) is 0 Å². The minimum Gasteiger partial charge on any atom is -0.447 e. The van der Waals surface area contributed by atoms with Gasteiger partial charge in [0.15, 0.2) is 0 Å². The summed E-state index contributed by atoms with van der Waals surface area (Å²) in [5.41, 5.74) is 0. The fourth-order valence-corrected chi connectivity index (χ4v) is 1.43. The molecular weight excluding hydrogens is 166 g/mol. The average molecular weight is 183 g/mol. The molecule has 0 aliphatic carbocycles. The Balaban J connectivity index is 2.19. The molecule has 0 spiro atoms. The van der Waals surface area contributed by atoms with Crippen molar-refractivity contribution >= 4 is 6.09 Å². The molecule has 3 nitrogen and oxygen atoms in total. The number of unbranched alkanes of at least 4 members (excludes halogenated alkanes) is 2. The standard InChI is InChI=1S/C10H17NO2/c1-3-4-5-6-7-11-9(2)8-13-10(11)12/h3,9H,1,4-8H2,2H3/t9-/m0/s1. The number of allylic oxidation sites excluding steroid dienone is 1. The van der Waals surface area contributed by atoms with Crippen LogP contribution >= 0.6 is 0 Å². The van der Waals surface area contributed by atoms with E-state index >= 15 is 0 Å². The first kappa shape index (κ1) is 10.1. The maximum absolute atomic E-state index is 11.1. The van der Waals surface area contributed by atoms with Crippen molar-refractivity contribution in [1.29, 1.82) is 0 Å². The Kier molecular flexibility index (Phi) is 3.80. The lowest BCUT2D eigenvalue weighted by molar-refractivity contribution is 0.157. The third-order valence-electron chi connectivity index (χ3n) is 2.27. The third-order valence-corrected chi connectivity index (χ3v) is 2.27. The maximum atomic E-state index is 11.1. The number of amides is 1. The van der Waals surface area contributed by atoms with Crippen molar-refractivity contribution in [2.75, 3.05) is 13.2 Å². The van der Waals surface area contributed by atoms with Gasteiger partial charge in [-0.15, -0.1) is 6.58 Å². The molecule has 1 rings (SSSR count). The van der Waals surface area contributed by atoms with Gasteiger partial charge in [0.1, 0.15) is 6.61 Å². The molecule has 1 heterocycles. The topological polar surface area (TPSA) is 29.5 Å². The molecule has 1 aliphatic heterocycles. The summed E-state index contributed by atoms with van der Waals surface area (Å²) >= 11 is 0. The van der Waals surface area contributed by atoms with Crippen LogP contribution in [0.4, 0.5) is 4.79 Å². The van der Waals surface area contributed by atoms with E-state index in [2.05, 4.69) is 6.58 Å². The molecule has 3 heteroatoms. The fourth-order valence-electron chi connectivity index (χ4n) is 1.43. The Morgan fingerprint density at radius 3 is 3.00 bits per heavy atom. The maximum Gasteiger partial charge on any atom is 0.410 e. The number of ether oxygens (including phenoxy) is 1. The molecule has 0 N–H and O–H groups in total. The molecule has 1 fully saturated rings. The summed E-state index contributed by atoms with van der Waals surface area (Å²) in [6.45, 7) is 7.02. The van der Waals surface area contributed by atoms with Gasteiger partial charge in [0.25, 0.3) is 0 Å². The highest BCUT2D eigenvalue weighted by Gasteiger charge is 2.28. The van der Waals surface area contributed by atoms with Gasteiger partial charge in [-0.3, -0.25) is 0 Å². The first-order valence-electron chi connectivity index (χ1n) is 4.80. The van der Waals surface area contributed by atoms with Gasteiger partial charge in [-0.25, -0.2) is 4.79 Å². The number of hydrogen-bond donors (Lipinski definition) is 0. The quantitative estimate of drug-likeness (QED) is 0.483. The molecule has 1 atom stereocenters. The lowest BCUT2D eigenvalue weighted by Gasteiger charge is -2.17. The zero-order valence-corrected chi connectivity index (χ0v) is 8.16. The van der Waals surface area contributed by atoms with Crippen LogP contribution < -0.4 is 0 Å². The summed E-state index contributed by atoms with van der Waals surface area (Å²) in [6.07, 6.45) is 4.90. The van der Waals surface area contributed by atoms with Crippen molar-refractivity contribution in [2.45, 2.75) is 32.2 Å². The molecule has 0 unspecified atom stereocenters. The molecule has 0 bridgehead atoms. The van der Waals surface area contributed by atoms with Gasteiger partial charge < -0.3 is 9.64 Å². The van der Waals surface area contributed by atoms with Gasteiger partial charge in [0.2, 0.25) is 0 Å². The van der Waals surface area contributed by atoms with Crippen molar-refractivity contribution < 1.29 is 9.53 Å². The summed E-state index contributed by atoms with van der Waals surface area (Å²) in [5, 5.41) is 0. The van der Waals surface area contributed by atoms with Crippen LogP contribution in [0.25, 0.3) is 0 Å². The second kappa shape index (κ2) is 4.90. The summed E-state index contributed by atoms with van der Waals surface area (Å²) < 4.78 is 4.90. The van der Waals surface area contributed by atoms with E-state index in [1.54, 1.807) is 4.90 Å². The number of rotatable bonds is 5. The van der Waals surface area contributed by atoms with Crippen LogP contribution in [-0.4, -0.2) is 30.2 Å². The number of carbonyl (C=O) groups excluding carboxylic acids is 1. The highest BCUT2D eigenvalue weighted by Crippen LogP contribution is 2.12. The zero-order chi connectivity index (χ0) is 9.68. The molecular formula is C10H17NO2. The number of nitrogens with zero attached hydrogens (tertiary/aromatic N) is 1. The molecule has 0 aromatic heterocycles. The van der Waals surface area contributed by atoms with Crippen LogP contribution in [0.5, 0.6) is 0 Å². The van der Waals surface area contributed by atoms with Gasteiger partial charge >= 0.3 is 6.09 Å². The van der Waals surface area contributed by atoms with Gasteiger partial charge in [0, 0.05) is 6.54 Å². The van der Waals surface area contributed by atoms with Crippen molar-refractivity contribution in [3.05, 3.63) is 12.7 Å². The minimum absolute atomic E-state index is 0.161. The predicted octanol–water partition coefficient (Wildman–Crippen LogP) is 2.18. The predicted molar refractivity (Wildman–Crippen MR) is 51.6 cm³/mol. The Bertz CT molecular complexity index is 191. The van der Waals surface area contributed by atoms with E-state index in [0.717, 1.165) is 25.8 Å². The van der Waals surface area contributed by atoms with E-state index in [-0.39, 0.29) is 12.1 Å². The van der Waals surface area contributed by atoms with E-state index in [0.29, 0.717) is 6.61 Å². The summed E-state index contributed by atoms with van der Waals surface area (Å²) in [4.78, 5) is 12.9.